The molecule has 94 valence electrons. The molecule has 0 spiro atoms. The van der Waals surface area contributed by atoms with Crippen molar-refractivity contribution < 1.29 is 9.59 Å². The molecule has 1 heterocycles. The standard InChI is InChI=1S/C12H19N3O2/c1-2-10-8-15(7-4-11(10)16)9-12(17)14-6-3-5-13/h10H,2-4,6-9H2,1H3,(H,14,17). The summed E-state index contributed by atoms with van der Waals surface area (Å²) >= 11 is 0. The number of rotatable bonds is 5. The number of nitrogens with one attached hydrogen (secondary N) is 1. The van der Waals surface area contributed by atoms with Crippen LogP contribution in [-0.2, 0) is 9.59 Å². The summed E-state index contributed by atoms with van der Waals surface area (Å²) in [7, 11) is 0. The number of ketones is 1. The Morgan fingerprint density at radius 3 is 3.06 bits per heavy atom. The summed E-state index contributed by atoms with van der Waals surface area (Å²) in [5.74, 6) is 0.328. The van der Waals surface area contributed by atoms with Gasteiger partial charge in [0.05, 0.1) is 19.0 Å². The van der Waals surface area contributed by atoms with Crippen LogP contribution >= 0.6 is 0 Å². The van der Waals surface area contributed by atoms with Gasteiger partial charge >= 0.3 is 0 Å². The molecule has 0 saturated carbocycles. The van der Waals surface area contributed by atoms with E-state index in [0.717, 1.165) is 6.42 Å². The summed E-state index contributed by atoms with van der Waals surface area (Å²) in [5.41, 5.74) is 0. The molecule has 5 heteroatoms. The Labute approximate surface area is 102 Å². The van der Waals surface area contributed by atoms with E-state index in [-0.39, 0.29) is 11.8 Å². The minimum atomic E-state index is -0.0653. The molecule has 17 heavy (non-hydrogen) atoms. The van der Waals surface area contributed by atoms with Crippen LogP contribution in [0.4, 0.5) is 0 Å². The van der Waals surface area contributed by atoms with Crippen LogP contribution in [0.3, 0.4) is 0 Å². The number of carbonyl (C=O) groups is 2. The lowest BCUT2D eigenvalue weighted by molar-refractivity contribution is -0.129. The highest BCUT2D eigenvalue weighted by molar-refractivity contribution is 5.83. The largest absolute Gasteiger partial charge is 0.354 e. The van der Waals surface area contributed by atoms with Crippen molar-refractivity contribution in [3.8, 4) is 6.07 Å². The molecule has 0 aromatic heterocycles. The summed E-state index contributed by atoms with van der Waals surface area (Å²) in [6.07, 6.45) is 1.72. The third-order valence-electron chi connectivity index (χ3n) is 3.03. The lowest BCUT2D eigenvalue weighted by atomic mass is 9.94. The average Bonchev–Trinajstić information content (AvgIpc) is 2.32. The number of amides is 1. The van der Waals surface area contributed by atoms with Gasteiger partial charge in [-0.3, -0.25) is 14.5 Å². The summed E-state index contributed by atoms with van der Waals surface area (Å²) in [4.78, 5) is 25.0. The Morgan fingerprint density at radius 2 is 2.41 bits per heavy atom. The molecule has 1 rings (SSSR count). The number of likely N-dealkylation sites (tertiary alicyclic amines) is 1. The topological polar surface area (TPSA) is 73.2 Å². The lowest BCUT2D eigenvalue weighted by Crippen LogP contribution is -2.45. The molecule has 1 atom stereocenters. The fourth-order valence-electron chi connectivity index (χ4n) is 1.99. The second-order valence-corrected chi connectivity index (χ2v) is 4.31. The minimum absolute atomic E-state index is 0.0653. The summed E-state index contributed by atoms with van der Waals surface area (Å²) in [5, 5.41) is 11.0. The number of piperidine rings is 1. The summed E-state index contributed by atoms with van der Waals surface area (Å²) < 4.78 is 0. The van der Waals surface area contributed by atoms with Gasteiger partial charge in [-0.05, 0) is 6.42 Å². The van der Waals surface area contributed by atoms with Crippen molar-refractivity contribution in [3.05, 3.63) is 0 Å². The fraction of sp³-hybridized carbons (Fsp3) is 0.750. The lowest BCUT2D eigenvalue weighted by Gasteiger charge is -2.30. The van der Waals surface area contributed by atoms with Crippen LogP contribution in [0.2, 0.25) is 0 Å². The van der Waals surface area contributed by atoms with Crippen molar-refractivity contribution in [1.29, 1.82) is 5.26 Å². The van der Waals surface area contributed by atoms with Crippen molar-refractivity contribution >= 4 is 11.7 Å². The predicted octanol–water partition coefficient (Wildman–Crippen LogP) is 0.317. The molecule has 0 radical (unpaired) electrons. The Kier molecular flexibility index (Phi) is 5.64. The second kappa shape index (κ2) is 7.02. The maximum Gasteiger partial charge on any atom is 0.234 e. The first-order chi connectivity index (χ1) is 8.17. The Morgan fingerprint density at radius 1 is 1.65 bits per heavy atom. The van der Waals surface area contributed by atoms with Gasteiger partial charge in [0.2, 0.25) is 5.91 Å². The van der Waals surface area contributed by atoms with Gasteiger partial charge in [-0.2, -0.15) is 5.26 Å². The molecule has 1 aliphatic rings. The SMILES string of the molecule is CCC1CN(CC(=O)NCCC#N)CCC1=O. The van der Waals surface area contributed by atoms with Crippen molar-refractivity contribution in [3.63, 3.8) is 0 Å². The third kappa shape index (κ3) is 4.53. The quantitative estimate of drug-likeness (QED) is 0.699. The summed E-state index contributed by atoms with van der Waals surface area (Å²) in [6.45, 7) is 4.08. The van der Waals surface area contributed by atoms with Gasteiger partial charge in [0.15, 0.2) is 0 Å². The van der Waals surface area contributed by atoms with Gasteiger partial charge in [0, 0.05) is 32.0 Å². The smallest absolute Gasteiger partial charge is 0.234 e. The molecule has 0 aliphatic carbocycles. The molecule has 0 aromatic carbocycles. The molecular weight excluding hydrogens is 218 g/mol. The molecule has 1 amide bonds. The first-order valence-electron chi connectivity index (χ1n) is 6.06. The second-order valence-electron chi connectivity index (χ2n) is 4.31. The molecule has 1 unspecified atom stereocenters. The van der Waals surface area contributed by atoms with E-state index >= 15 is 0 Å². The van der Waals surface area contributed by atoms with Crippen LogP contribution in [0, 0.1) is 17.2 Å². The zero-order valence-corrected chi connectivity index (χ0v) is 10.2. The van der Waals surface area contributed by atoms with Gasteiger partial charge in [-0.1, -0.05) is 6.92 Å². The maximum absolute atomic E-state index is 11.5. The van der Waals surface area contributed by atoms with Crippen LogP contribution in [0.25, 0.3) is 0 Å². The van der Waals surface area contributed by atoms with E-state index in [1.54, 1.807) is 0 Å². The number of nitriles is 1. The van der Waals surface area contributed by atoms with E-state index in [0.29, 0.717) is 44.8 Å². The molecule has 1 fully saturated rings. The number of hydrogen-bond donors (Lipinski definition) is 1. The molecule has 1 aliphatic heterocycles. The van der Waals surface area contributed by atoms with Gasteiger partial charge in [-0.25, -0.2) is 0 Å². The molecule has 0 bridgehead atoms. The first kappa shape index (κ1) is 13.7. The van der Waals surface area contributed by atoms with E-state index < -0.39 is 0 Å². The molecule has 1 N–H and O–H groups in total. The molecule has 5 nitrogen and oxygen atoms in total. The van der Waals surface area contributed by atoms with Crippen molar-refractivity contribution in [2.75, 3.05) is 26.2 Å². The summed E-state index contributed by atoms with van der Waals surface area (Å²) in [6, 6.07) is 1.98. The fourth-order valence-corrected chi connectivity index (χ4v) is 1.99. The molecule has 1 saturated heterocycles. The van der Waals surface area contributed by atoms with Gasteiger partial charge in [0.1, 0.15) is 5.78 Å². The number of nitrogens with zero attached hydrogens (tertiary/aromatic N) is 2. The average molecular weight is 237 g/mol. The predicted molar refractivity (Wildman–Crippen MR) is 63.1 cm³/mol. The van der Waals surface area contributed by atoms with Gasteiger partial charge in [0.25, 0.3) is 0 Å². The van der Waals surface area contributed by atoms with E-state index in [4.69, 9.17) is 5.26 Å². The number of carbonyl (C=O) groups excluding carboxylic acids is 2. The van der Waals surface area contributed by atoms with E-state index in [1.165, 1.54) is 0 Å². The Bertz CT molecular complexity index is 322. The third-order valence-corrected chi connectivity index (χ3v) is 3.03. The number of hydrogen-bond acceptors (Lipinski definition) is 4. The van der Waals surface area contributed by atoms with Crippen molar-refractivity contribution in [2.45, 2.75) is 26.2 Å². The van der Waals surface area contributed by atoms with E-state index in [1.807, 2.05) is 17.9 Å². The monoisotopic (exact) mass is 237 g/mol. The van der Waals surface area contributed by atoms with Gasteiger partial charge in [-0.15, -0.1) is 0 Å². The van der Waals surface area contributed by atoms with Crippen molar-refractivity contribution in [1.82, 2.24) is 10.2 Å². The maximum atomic E-state index is 11.5. The van der Waals surface area contributed by atoms with Gasteiger partial charge < -0.3 is 5.32 Å². The minimum Gasteiger partial charge on any atom is -0.354 e. The first-order valence-corrected chi connectivity index (χ1v) is 6.06. The van der Waals surface area contributed by atoms with Crippen LogP contribution in [0.5, 0.6) is 0 Å². The molecular formula is C12H19N3O2. The Balaban J connectivity index is 2.30. The van der Waals surface area contributed by atoms with E-state index in [9.17, 15) is 9.59 Å². The highest BCUT2D eigenvalue weighted by Crippen LogP contribution is 2.15. The normalized spacial score (nSPS) is 20.9. The van der Waals surface area contributed by atoms with Crippen LogP contribution < -0.4 is 5.32 Å². The highest BCUT2D eigenvalue weighted by atomic mass is 16.2. The van der Waals surface area contributed by atoms with E-state index in [2.05, 4.69) is 5.32 Å². The molecule has 0 aromatic rings. The zero-order chi connectivity index (χ0) is 12.7. The van der Waals surface area contributed by atoms with Crippen LogP contribution in [-0.4, -0.2) is 42.8 Å². The van der Waals surface area contributed by atoms with Crippen LogP contribution in [0.1, 0.15) is 26.2 Å². The van der Waals surface area contributed by atoms with Crippen LogP contribution in [0.15, 0.2) is 0 Å². The highest BCUT2D eigenvalue weighted by Gasteiger charge is 2.26. The number of Topliss-reactive ketones (excluding diaryl/α,β-unsaturated/α-hetero) is 1. The Hall–Kier alpha value is -1.41. The zero-order valence-electron chi connectivity index (χ0n) is 10.2. The van der Waals surface area contributed by atoms with Crippen molar-refractivity contribution in [2.24, 2.45) is 5.92 Å².